The monoisotopic (exact) mass is 288 g/mol. The van der Waals surface area contributed by atoms with Gasteiger partial charge in [-0.2, -0.15) is 0 Å². The molecule has 0 aromatic rings. The number of aliphatic hydroxyl groups is 1. The molecule has 0 aromatic carbocycles. The fourth-order valence-corrected chi connectivity index (χ4v) is 3.82. The molecule has 0 amide bonds. The van der Waals surface area contributed by atoms with Gasteiger partial charge < -0.3 is 10.0 Å². The lowest BCUT2D eigenvalue weighted by Crippen LogP contribution is -2.45. The van der Waals surface area contributed by atoms with Gasteiger partial charge in [0.25, 0.3) is 0 Å². The Morgan fingerprint density at radius 1 is 1.10 bits per heavy atom. The van der Waals surface area contributed by atoms with Crippen molar-refractivity contribution in [3.8, 4) is 0 Å². The van der Waals surface area contributed by atoms with Crippen LogP contribution in [0.25, 0.3) is 0 Å². The van der Waals surface area contributed by atoms with E-state index >= 15 is 0 Å². The number of hydrogen-bond donors (Lipinski definition) is 1. The van der Waals surface area contributed by atoms with Crippen LogP contribution in [0, 0.1) is 5.92 Å². The van der Waals surface area contributed by atoms with E-state index in [0.717, 1.165) is 31.1 Å². The second-order valence-corrected chi connectivity index (χ2v) is 6.81. The quantitative estimate of drug-likeness (QED) is 0.837. The van der Waals surface area contributed by atoms with Gasteiger partial charge in [0.15, 0.2) is 0 Å². The van der Waals surface area contributed by atoms with E-state index in [9.17, 15) is 5.11 Å². The number of fused-ring (bicyclic) bond motifs is 1. The predicted molar refractivity (Wildman–Crippen MR) is 86.9 cm³/mol. The number of nitrogens with zero attached hydrogens (tertiary/aromatic N) is 2. The summed E-state index contributed by atoms with van der Waals surface area (Å²) in [5, 5.41) is 9.76. The van der Waals surface area contributed by atoms with Crippen LogP contribution in [0.15, 0.2) is 35.9 Å². The Hall–Kier alpha value is -1.22. The van der Waals surface area contributed by atoms with Crippen LogP contribution in [0.4, 0.5) is 0 Å². The summed E-state index contributed by atoms with van der Waals surface area (Å²) >= 11 is 0. The molecule has 0 radical (unpaired) electrons. The molecule has 1 N–H and O–H groups in total. The molecule has 3 rings (SSSR count). The van der Waals surface area contributed by atoms with Gasteiger partial charge in [0.05, 0.1) is 0 Å². The molecule has 0 spiro atoms. The Morgan fingerprint density at radius 3 is 2.57 bits per heavy atom. The van der Waals surface area contributed by atoms with Crippen molar-refractivity contribution in [1.82, 2.24) is 9.80 Å². The van der Waals surface area contributed by atoms with Gasteiger partial charge in [0, 0.05) is 43.6 Å². The van der Waals surface area contributed by atoms with E-state index in [2.05, 4.69) is 16.4 Å². The Morgan fingerprint density at radius 2 is 1.81 bits per heavy atom. The fourth-order valence-electron chi connectivity index (χ4n) is 3.82. The van der Waals surface area contributed by atoms with Crippen LogP contribution in [0.3, 0.4) is 0 Å². The number of allylic oxidation sites excluding steroid dienone is 1. The maximum Gasteiger partial charge on any atom is 0.138 e. The fraction of sp³-hybridized carbons (Fsp3) is 0.667. The lowest BCUT2D eigenvalue weighted by molar-refractivity contribution is 0.166. The number of rotatable bonds is 2. The minimum Gasteiger partial charge on any atom is -0.506 e. The number of hydrogen-bond acceptors (Lipinski definition) is 3. The zero-order valence-corrected chi connectivity index (χ0v) is 13.1. The molecular formula is C18H28N2O. The average Bonchev–Trinajstić information content (AvgIpc) is 2.43. The van der Waals surface area contributed by atoms with Gasteiger partial charge in [-0.3, -0.25) is 4.90 Å². The molecule has 1 aliphatic carbocycles. The maximum atomic E-state index is 9.76. The van der Waals surface area contributed by atoms with Crippen molar-refractivity contribution < 1.29 is 5.11 Å². The first-order valence-corrected chi connectivity index (χ1v) is 8.52. The van der Waals surface area contributed by atoms with Crippen molar-refractivity contribution in [1.29, 1.82) is 0 Å². The molecule has 0 atom stereocenters. The summed E-state index contributed by atoms with van der Waals surface area (Å²) in [5.74, 6) is 1.19. The zero-order valence-electron chi connectivity index (χ0n) is 13.1. The molecule has 1 saturated carbocycles. The van der Waals surface area contributed by atoms with Gasteiger partial charge in [-0.1, -0.05) is 38.7 Å². The lowest BCUT2D eigenvalue weighted by Gasteiger charge is -2.39. The first-order chi connectivity index (χ1) is 10.2. The zero-order chi connectivity index (χ0) is 14.7. The normalized spacial score (nSPS) is 25.7. The van der Waals surface area contributed by atoms with Crippen molar-refractivity contribution in [2.45, 2.75) is 44.9 Å². The molecule has 1 saturated heterocycles. The van der Waals surface area contributed by atoms with Crippen LogP contribution < -0.4 is 0 Å². The van der Waals surface area contributed by atoms with Gasteiger partial charge in [0.1, 0.15) is 5.76 Å². The Labute approximate surface area is 128 Å². The van der Waals surface area contributed by atoms with Crippen LogP contribution in [-0.2, 0) is 0 Å². The Bertz CT molecular complexity index is 444. The smallest absolute Gasteiger partial charge is 0.138 e. The molecule has 3 heteroatoms. The second kappa shape index (κ2) is 6.69. The summed E-state index contributed by atoms with van der Waals surface area (Å²) in [5.41, 5.74) is 2.03. The molecule has 2 fully saturated rings. The summed E-state index contributed by atoms with van der Waals surface area (Å²) in [4.78, 5) is 4.77. The summed E-state index contributed by atoms with van der Waals surface area (Å²) in [6, 6.07) is 0. The highest BCUT2D eigenvalue weighted by Crippen LogP contribution is 2.27. The van der Waals surface area contributed by atoms with Crippen molar-refractivity contribution >= 4 is 0 Å². The Balaban J connectivity index is 1.56. The van der Waals surface area contributed by atoms with Crippen LogP contribution >= 0.6 is 0 Å². The van der Waals surface area contributed by atoms with Gasteiger partial charge >= 0.3 is 0 Å². The number of piperazine rings is 1. The van der Waals surface area contributed by atoms with E-state index in [1.54, 1.807) is 0 Å². The van der Waals surface area contributed by atoms with E-state index in [1.165, 1.54) is 57.2 Å². The summed E-state index contributed by atoms with van der Waals surface area (Å²) in [7, 11) is 0. The largest absolute Gasteiger partial charge is 0.506 e. The molecular weight excluding hydrogens is 260 g/mol. The van der Waals surface area contributed by atoms with E-state index in [1.807, 2.05) is 12.3 Å². The van der Waals surface area contributed by atoms with Crippen LogP contribution in [0.5, 0.6) is 0 Å². The van der Waals surface area contributed by atoms with Crippen molar-refractivity contribution in [2.24, 2.45) is 5.92 Å². The number of aliphatic hydroxyl groups excluding tert-OH is 1. The molecule has 0 bridgehead atoms. The standard InChI is InChI=1S/C18H28N2O/c1-15-11-17-13-19(9-10-20(17)14-18(15)21)12-16-7-5-3-2-4-6-8-16/h11,14,16,21H,1-10,12-13H2. The predicted octanol–water partition coefficient (Wildman–Crippen LogP) is 3.82. The van der Waals surface area contributed by atoms with Crippen LogP contribution in [0.2, 0.25) is 0 Å². The average molecular weight is 288 g/mol. The summed E-state index contributed by atoms with van der Waals surface area (Å²) < 4.78 is 0. The van der Waals surface area contributed by atoms with Gasteiger partial charge in [0.2, 0.25) is 0 Å². The first-order valence-electron chi connectivity index (χ1n) is 8.52. The molecule has 3 nitrogen and oxygen atoms in total. The Kier molecular flexibility index (Phi) is 4.69. The molecule has 116 valence electrons. The van der Waals surface area contributed by atoms with E-state index in [4.69, 9.17) is 0 Å². The van der Waals surface area contributed by atoms with Gasteiger partial charge in [-0.05, 0) is 24.8 Å². The van der Waals surface area contributed by atoms with Crippen molar-refractivity contribution in [3.63, 3.8) is 0 Å². The summed E-state index contributed by atoms with van der Waals surface area (Å²) in [6.07, 6.45) is 13.8. The third-order valence-corrected chi connectivity index (χ3v) is 5.10. The molecule has 3 aliphatic rings. The molecule has 2 heterocycles. The van der Waals surface area contributed by atoms with Gasteiger partial charge in [-0.15, -0.1) is 0 Å². The highest BCUT2D eigenvalue weighted by molar-refractivity contribution is 5.39. The molecule has 21 heavy (non-hydrogen) atoms. The van der Waals surface area contributed by atoms with Gasteiger partial charge in [-0.25, -0.2) is 0 Å². The lowest BCUT2D eigenvalue weighted by atomic mass is 9.90. The highest BCUT2D eigenvalue weighted by Gasteiger charge is 2.25. The molecule has 2 aliphatic heterocycles. The summed E-state index contributed by atoms with van der Waals surface area (Å²) in [6.45, 7) is 8.24. The minimum absolute atomic E-state index is 0.312. The van der Waals surface area contributed by atoms with Crippen molar-refractivity contribution in [3.05, 3.63) is 35.9 Å². The van der Waals surface area contributed by atoms with E-state index in [-0.39, 0.29) is 0 Å². The van der Waals surface area contributed by atoms with E-state index < -0.39 is 0 Å². The molecule has 0 unspecified atom stereocenters. The third-order valence-electron chi connectivity index (χ3n) is 5.10. The SMILES string of the molecule is C=C1C=C2CN(CC3CCCCCCC3)CCN2C=C1O. The molecule has 0 aromatic heterocycles. The highest BCUT2D eigenvalue weighted by atomic mass is 16.3. The minimum atomic E-state index is 0.312. The van der Waals surface area contributed by atoms with Crippen LogP contribution in [-0.4, -0.2) is 41.1 Å². The van der Waals surface area contributed by atoms with E-state index in [0.29, 0.717) is 5.76 Å². The second-order valence-electron chi connectivity index (χ2n) is 6.81. The topological polar surface area (TPSA) is 26.7 Å². The first kappa shape index (κ1) is 14.7. The van der Waals surface area contributed by atoms with Crippen LogP contribution in [0.1, 0.15) is 44.9 Å². The van der Waals surface area contributed by atoms with Crippen molar-refractivity contribution in [2.75, 3.05) is 26.2 Å². The third kappa shape index (κ3) is 3.70. The maximum absolute atomic E-state index is 9.76.